The lowest BCUT2D eigenvalue weighted by molar-refractivity contribution is 0.199. The summed E-state index contributed by atoms with van der Waals surface area (Å²) in [5.74, 6) is 1.68. The van der Waals surface area contributed by atoms with Crippen molar-refractivity contribution >= 4 is 0 Å². The van der Waals surface area contributed by atoms with Gasteiger partial charge in [0.15, 0.2) is 0 Å². The van der Waals surface area contributed by atoms with Gasteiger partial charge < -0.3 is 14.2 Å². The van der Waals surface area contributed by atoms with Crippen molar-refractivity contribution in [2.75, 3.05) is 0 Å². The first-order chi connectivity index (χ1) is 10.9. The number of aliphatic hydroxyl groups is 1. The van der Waals surface area contributed by atoms with Crippen LogP contribution in [-0.2, 0) is 0 Å². The fraction of sp³-hybridized carbons (Fsp3) is 0.316. The highest BCUT2D eigenvalue weighted by Crippen LogP contribution is 2.24. The number of nitrogens with zero attached hydrogens (tertiary/aromatic N) is 3. The van der Waals surface area contributed by atoms with Gasteiger partial charge in [-0.2, -0.15) is 0 Å². The molecule has 0 saturated carbocycles. The Labute approximate surface area is 137 Å². The Morgan fingerprint density at radius 3 is 1.43 bits per heavy atom. The number of pyridine rings is 1. The Hall–Kier alpha value is -2.33. The maximum atomic E-state index is 10.1. The van der Waals surface area contributed by atoms with Crippen LogP contribution >= 0.6 is 0 Å². The molecule has 0 aliphatic heterocycles. The van der Waals surface area contributed by atoms with Crippen molar-refractivity contribution in [3.05, 3.63) is 64.7 Å². The molecule has 4 heteroatoms. The van der Waals surface area contributed by atoms with E-state index in [-0.39, 0.29) is 0 Å². The van der Waals surface area contributed by atoms with Crippen LogP contribution in [0.4, 0.5) is 0 Å². The van der Waals surface area contributed by atoms with Gasteiger partial charge in [-0.3, -0.25) is 0 Å². The van der Waals surface area contributed by atoms with Crippen LogP contribution in [0.2, 0.25) is 0 Å². The van der Waals surface area contributed by atoms with Gasteiger partial charge in [-0.1, -0.05) is 0 Å². The lowest BCUT2D eigenvalue weighted by Crippen LogP contribution is -2.09. The predicted octanol–water partition coefficient (Wildman–Crippen LogP) is 3.95. The molecule has 1 N–H and O–H groups in total. The van der Waals surface area contributed by atoms with E-state index in [2.05, 4.69) is 61.1 Å². The van der Waals surface area contributed by atoms with Gasteiger partial charge in [0.2, 0.25) is 0 Å². The van der Waals surface area contributed by atoms with Gasteiger partial charge in [0.25, 0.3) is 0 Å². The molecule has 1 atom stereocenters. The fourth-order valence-corrected chi connectivity index (χ4v) is 3.05. The number of aryl methyl sites for hydroxylation is 4. The molecule has 120 valence electrons. The molecule has 0 aliphatic rings. The van der Waals surface area contributed by atoms with Crippen molar-refractivity contribution in [1.82, 2.24) is 14.1 Å². The van der Waals surface area contributed by atoms with E-state index in [0.717, 1.165) is 40.0 Å². The van der Waals surface area contributed by atoms with Crippen molar-refractivity contribution in [3.63, 3.8) is 0 Å². The number of hydrogen-bond acceptors (Lipinski definition) is 2. The second kappa shape index (κ2) is 5.70. The molecule has 0 aliphatic carbocycles. The van der Waals surface area contributed by atoms with Crippen molar-refractivity contribution in [2.24, 2.45) is 0 Å². The number of aliphatic hydroxyl groups excluding tert-OH is 1. The predicted molar refractivity (Wildman–Crippen MR) is 92.5 cm³/mol. The van der Waals surface area contributed by atoms with Gasteiger partial charge in [-0.25, -0.2) is 4.98 Å². The van der Waals surface area contributed by atoms with Crippen molar-refractivity contribution in [3.8, 4) is 11.6 Å². The maximum absolute atomic E-state index is 10.1. The maximum Gasteiger partial charge on any atom is 0.139 e. The Bertz CT molecular complexity index is 752. The second-order valence-corrected chi connectivity index (χ2v) is 6.20. The summed E-state index contributed by atoms with van der Waals surface area (Å²) in [7, 11) is 0. The summed E-state index contributed by atoms with van der Waals surface area (Å²) in [6, 6.07) is 12.2. The lowest BCUT2D eigenvalue weighted by atomic mass is 10.1. The zero-order chi connectivity index (χ0) is 16.7. The van der Waals surface area contributed by atoms with Crippen LogP contribution < -0.4 is 0 Å². The Kier molecular flexibility index (Phi) is 3.86. The third-order valence-electron chi connectivity index (χ3n) is 4.30. The van der Waals surface area contributed by atoms with Crippen LogP contribution in [0.15, 0.2) is 36.4 Å². The quantitative estimate of drug-likeness (QED) is 0.796. The fourth-order valence-electron chi connectivity index (χ4n) is 3.05. The van der Waals surface area contributed by atoms with Crippen LogP contribution in [-0.4, -0.2) is 19.2 Å². The largest absolute Gasteiger partial charge is 0.389 e. The molecular weight excluding hydrogens is 286 g/mol. The minimum Gasteiger partial charge on any atom is -0.389 e. The molecular formula is C19H23N3O. The molecule has 3 aromatic rings. The Balaban J connectivity index is 2.27. The zero-order valence-electron chi connectivity index (χ0n) is 14.3. The first-order valence-electron chi connectivity index (χ1n) is 7.89. The molecule has 4 nitrogen and oxygen atoms in total. The Morgan fingerprint density at radius 2 is 1.13 bits per heavy atom. The van der Waals surface area contributed by atoms with Crippen molar-refractivity contribution in [2.45, 2.75) is 40.7 Å². The monoisotopic (exact) mass is 309 g/mol. The molecule has 0 amide bonds. The van der Waals surface area contributed by atoms with Crippen LogP contribution in [0, 0.1) is 27.7 Å². The topological polar surface area (TPSA) is 43.0 Å². The number of aromatic nitrogens is 3. The van der Waals surface area contributed by atoms with E-state index in [4.69, 9.17) is 4.98 Å². The summed E-state index contributed by atoms with van der Waals surface area (Å²) < 4.78 is 4.23. The van der Waals surface area contributed by atoms with Gasteiger partial charge in [0.05, 0.1) is 6.10 Å². The molecule has 1 unspecified atom stereocenters. The summed E-state index contributed by atoms with van der Waals surface area (Å²) in [6.07, 6.45) is -0.539. The van der Waals surface area contributed by atoms with Crippen molar-refractivity contribution < 1.29 is 5.11 Å². The van der Waals surface area contributed by atoms with Gasteiger partial charge in [0.1, 0.15) is 11.6 Å². The van der Waals surface area contributed by atoms with Gasteiger partial charge in [0, 0.05) is 22.8 Å². The molecule has 3 rings (SSSR count). The first-order valence-corrected chi connectivity index (χ1v) is 7.89. The van der Waals surface area contributed by atoms with Crippen LogP contribution in [0.1, 0.15) is 41.4 Å². The highest BCUT2D eigenvalue weighted by atomic mass is 16.3. The average Bonchev–Trinajstić information content (AvgIpc) is 3.01. The summed E-state index contributed by atoms with van der Waals surface area (Å²) >= 11 is 0. The van der Waals surface area contributed by atoms with E-state index in [1.165, 1.54) is 0 Å². The van der Waals surface area contributed by atoms with E-state index >= 15 is 0 Å². The van der Waals surface area contributed by atoms with Crippen LogP contribution in [0.3, 0.4) is 0 Å². The highest BCUT2D eigenvalue weighted by molar-refractivity contribution is 5.43. The summed E-state index contributed by atoms with van der Waals surface area (Å²) in [4.78, 5) is 4.86. The molecule has 0 fully saturated rings. The van der Waals surface area contributed by atoms with Gasteiger partial charge in [-0.15, -0.1) is 0 Å². The van der Waals surface area contributed by atoms with Gasteiger partial charge in [-0.05, 0) is 76.6 Å². The molecule has 0 bridgehead atoms. The molecule has 3 heterocycles. The SMILES string of the molecule is Cc1ccc(C)n1-c1cc(C(C)O)cc(-n2c(C)ccc2C)n1. The minimum atomic E-state index is -0.539. The molecule has 23 heavy (non-hydrogen) atoms. The van der Waals surface area contributed by atoms with Crippen molar-refractivity contribution in [1.29, 1.82) is 0 Å². The van der Waals surface area contributed by atoms with E-state index in [9.17, 15) is 5.11 Å². The number of hydrogen-bond donors (Lipinski definition) is 1. The summed E-state index contributed by atoms with van der Waals surface area (Å²) in [6.45, 7) is 10.0. The van der Waals surface area contributed by atoms with Crippen LogP contribution in [0.5, 0.6) is 0 Å². The summed E-state index contributed by atoms with van der Waals surface area (Å²) in [5, 5.41) is 10.1. The highest BCUT2D eigenvalue weighted by Gasteiger charge is 2.14. The lowest BCUT2D eigenvalue weighted by Gasteiger charge is -2.16. The minimum absolute atomic E-state index is 0.539. The second-order valence-electron chi connectivity index (χ2n) is 6.20. The standard InChI is InChI=1S/C19H23N3O/c1-12-6-7-13(2)21(12)18-10-17(16(5)23)11-19(20-18)22-14(3)8-9-15(22)4/h6-11,16,23H,1-5H3. The van der Waals surface area contributed by atoms with Crippen LogP contribution in [0.25, 0.3) is 11.6 Å². The van der Waals surface area contributed by atoms with E-state index in [1.807, 2.05) is 12.1 Å². The molecule has 0 aromatic carbocycles. The number of rotatable bonds is 3. The first kappa shape index (κ1) is 15.6. The van der Waals surface area contributed by atoms with E-state index in [0.29, 0.717) is 0 Å². The Morgan fingerprint density at radius 1 is 0.783 bits per heavy atom. The smallest absolute Gasteiger partial charge is 0.139 e. The van der Waals surface area contributed by atoms with E-state index in [1.54, 1.807) is 6.92 Å². The zero-order valence-corrected chi connectivity index (χ0v) is 14.3. The molecule has 0 saturated heterocycles. The summed E-state index contributed by atoms with van der Waals surface area (Å²) in [5.41, 5.74) is 5.38. The molecule has 0 spiro atoms. The average molecular weight is 309 g/mol. The third-order valence-corrected chi connectivity index (χ3v) is 4.30. The molecule has 3 aromatic heterocycles. The van der Waals surface area contributed by atoms with E-state index < -0.39 is 6.10 Å². The van der Waals surface area contributed by atoms with Gasteiger partial charge >= 0.3 is 0 Å². The normalized spacial score (nSPS) is 12.6. The third kappa shape index (κ3) is 2.70. The molecule has 0 radical (unpaired) electrons.